The van der Waals surface area contributed by atoms with E-state index in [0.29, 0.717) is 0 Å². The van der Waals surface area contributed by atoms with E-state index in [4.69, 9.17) is 13.8 Å². The minimum absolute atomic E-state index is 0.0135. The predicted molar refractivity (Wildman–Crippen MR) is 46.0 cm³/mol. The van der Waals surface area contributed by atoms with Crippen LogP contribution in [0, 0.1) is 0 Å². The summed E-state index contributed by atoms with van der Waals surface area (Å²) in [6, 6.07) is 0. The summed E-state index contributed by atoms with van der Waals surface area (Å²) in [6.45, 7) is 7.35. The van der Waals surface area contributed by atoms with E-state index >= 15 is 0 Å². The molecule has 0 aliphatic carbocycles. The lowest BCUT2D eigenvalue weighted by molar-refractivity contribution is -0.0249. The molecule has 0 heterocycles. The summed E-state index contributed by atoms with van der Waals surface area (Å²) in [7, 11) is -2.03. The van der Waals surface area contributed by atoms with E-state index in [9.17, 15) is 4.57 Å². The molecule has 5 heteroatoms. The number of hydrogen-bond donors (Lipinski definition) is 0. The molecule has 0 fully saturated rings. The molecule has 0 aromatic heterocycles. The van der Waals surface area contributed by atoms with Gasteiger partial charge in [0.2, 0.25) is 6.79 Å². The zero-order chi connectivity index (χ0) is 9.56. The summed E-state index contributed by atoms with van der Waals surface area (Å²) in [5, 5.41) is 0. The van der Waals surface area contributed by atoms with Crippen LogP contribution in [0.15, 0.2) is 0 Å². The molecule has 0 N–H and O–H groups in total. The Morgan fingerprint density at radius 3 is 2.17 bits per heavy atom. The second-order valence-corrected chi connectivity index (χ2v) is 3.76. The van der Waals surface area contributed by atoms with Gasteiger partial charge in [-0.05, 0) is 27.7 Å². The van der Waals surface area contributed by atoms with Gasteiger partial charge >= 0.3 is 8.25 Å². The number of rotatable bonds is 6. The molecule has 12 heavy (non-hydrogen) atoms. The molecule has 0 aromatic carbocycles. The van der Waals surface area contributed by atoms with Crippen LogP contribution in [0.25, 0.3) is 0 Å². The van der Waals surface area contributed by atoms with Gasteiger partial charge in [0.25, 0.3) is 0 Å². The van der Waals surface area contributed by atoms with Crippen molar-refractivity contribution in [2.75, 3.05) is 6.79 Å². The van der Waals surface area contributed by atoms with Crippen molar-refractivity contribution in [3.05, 3.63) is 0 Å². The summed E-state index contributed by atoms with van der Waals surface area (Å²) in [4.78, 5) is 0. The first-order valence-electron chi connectivity index (χ1n) is 3.91. The molecule has 4 nitrogen and oxygen atoms in total. The van der Waals surface area contributed by atoms with Crippen molar-refractivity contribution in [1.82, 2.24) is 0 Å². The zero-order valence-corrected chi connectivity index (χ0v) is 8.84. The summed E-state index contributed by atoms with van der Waals surface area (Å²) in [6.07, 6.45) is -0.0138. The van der Waals surface area contributed by atoms with Gasteiger partial charge in [0.1, 0.15) is 6.10 Å². The van der Waals surface area contributed by atoms with E-state index in [2.05, 4.69) is 0 Å². The molecule has 0 aliphatic heterocycles. The van der Waals surface area contributed by atoms with Crippen LogP contribution in [-0.2, 0) is 18.3 Å². The second kappa shape index (κ2) is 6.49. The van der Waals surface area contributed by atoms with Crippen molar-refractivity contribution in [2.45, 2.75) is 39.9 Å². The van der Waals surface area contributed by atoms with Gasteiger partial charge in [-0.25, -0.2) is 0 Å². The Morgan fingerprint density at radius 1 is 1.17 bits per heavy atom. The van der Waals surface area contributed by atoms with Crippen LogP contribution in [-0.4, -0.2) is 19.0 Å². The summed E-state index contributed by atoms with van der Waals surface area (Å²) < 4.78 is 25.4. The molecular weight excluding hydrogens is 179 g/mol. The van der Waals surface area contributed by atoms with Crippen LogP contribution in [0.1, 0.15) is 27.7 Å². The molecule has 0 aliphatic rings. The summed E-state index contributed by atoms with van der Waals surface area (Å²) >= 11 is 0. The van der Waals surface area contributed by atoms with Crippen molar-refractivity contribution >= 4 is 8.25 Å². The van der Waals surface area contributed by atoms with Crippen LogP contribution in [0.4, 0.5) is 0 Å². The average Bonchev–Trinajstić information content (AvgIpc) is 1.84. The highest BCUT2D eigenvalue weighted by molar-refractivity contribution is 7.33. The SMILES string of the molecule is CC(C)OCO[P+](=O)OC(C)C. The molecule has 1 atom stereocenters. The van der Waals surface area contributed by atoms with E-state index in [0.717, 1.165) is 0 Å². The molecule has 0 spiro atoms. The Hall–Kier alpha value is -0.0200. The quantitative estimate of drug-likeness (QED) is 0.482. The normalized spacial score (nSPS) is 12.7. The molecule has 72 valence electrons. The maximum atomic E-state index is 10.9. The molecule has 0 radical (unpaired) electrons. The van der Waals surface area contributed by atoms with Gasteiger partial charge in [-0.15, -0.1) is 4.52 Å². The van der Waals surface area contributed by atoms with Crippen LogP contribution in [0.2, 0.25) is 0 Å². The average molecular weight is 195 g/mol. The molecule has 1 unspecified atom stereocenters. The highest BCUT2D eigenvalue weighted by atomic mass is 31.1. The van der Waals surface area contributed by atoms with E-state index in [1.807, 2.05) is 13.8 Å². The first-order valence-corrected chi connectivity index (χ1v) is 5.00. The Kier molecular flexibility index (Phi) is 6.48. The first kappa shape index (κ1) is 12.0. The first-order chi connectivity index (χ1) is 5.52. The Bertz CT molecular complexity index is 135. The number of ether oxygens (including phenoxy) is 1. The van der Waals surface area contributed by atoms with E-state index in [-0.39, 0.29) is 19.0 Å². The molecule has 0 rings (SSSR count). The standard InChI is InChI=1S/C7H16O4P/c1-6(2)9-5-10-12(8)11-7(3)4/h6-7H,5H2,1-4H3/q+1. The predicted octanol–water partition coefficient (Wildman–Crippen LogP) is 2.47. The van der Waals surface area contributed by atoms with Gasteiger partial charge < -0.3 is 4.74 Å². The molecule has 0 aromatic rings. The second-order valence-electron chi connectivity index (χ2n) is 2.84. The maximum Gasteiger partial charge on any atom is 0.700 e. The molecule has 0 bridgehead atoms. The minimum atomic E-state index is -2.03. The van der Waals surface area contributed by atoms with Gasteiger partial charge in [0, 0.05) is 4.57 Å². The number of hydrogen-bond acceptors (Lipinski definition) is 4. The van der Waals surface area contributed by atoms with Crippen molar-refractivity contribution in [3.63, 3.8) is 0 Å². The Labute approximate surface area is 74.1 Å². The van der Waals surface area contributed by atoms with E-state index in [1.54, 1.807) is 13.8 Å². The summed E-state index contributed by atoms with van der Waals surface area (Å²) in [5.74, 6) is 0. The monoisotopic (exact) mass is 195 g/mol. The highest BCUT2D eigenvalue weighted by Gasteiger charge is 2.22. The third-order valence-electron chi connectivity index (χ3n) is 0.856. The van der Waals surface area contributed by atoms with Crippen LogP contribution < -0.4 is 0 Å². The van der Waals surface area contributed by atoms with Gasteiger partial charge in [-0.1, -0.05) is 4.52 Å². The maximum absolute atomic E-state index is 10.9. The Morgan fingerprint density at radius 2 is 1.75 bits per heavy atom. The van der Waals surface area contributed by atoms with E-state index in [1.165, 1.54) is 0 Å². The smallest absolute Gasteiger partial charge is 0.348 e. The largest absolute Gasteiger partial charge is 0.700 e. The molecule has 0 saturated heterocycles. The molecular formula is C7H16O4P+. The summed E-state index contributed by atoms with van der Waals surface area (Å²) in [5.41, 5.74) is 0. The van der Waals surface area contributed by atoms with Gasteiger partial charge in [0.05, 0.1) is 6.10 Å². The molecule has 0 saturated carbocycles. The van der Waals surface area contributed by atoms with Crippen molar-refractivity contribution in [3.8, 4) is 0 Å². The van der Waals surface area contributed by atoms with Crippen LogP contribution in [0.3, 0.4) is 0 Å². The van der Waals surface area contributed by atoms with E-state index < -0.39 is 8.25 Å². The van der Waals surface area contributed by atoms with Crippen molar-refractivity contribution in [1.29, 1.82) is 0 Å². The minimum Gasteiger partial charge on any atom is -0.348 e. The third kappa shape index (κ3) is 8.08. The zero-order valence-electron chi connectivity index (χ0n) is 7.94. The van der Waals surface area contributed by atoms with Crippen LogP contribution in [0.5, 0.6) is 0 Å². The molecule has 0 amide bonds. The lowest BCUT2D eigenvalue weighted by Gasteiger charge is -2.01. The fourth-order valence-corrected chi connectivity index (χ4v) is 0.964. The topological polar surface area (TPSA) is 44.8 Å². The fourth-order valence-electron chi connectivity index (χ4n) is 0.412. The van der Waals surface area contributed by atoms with Crippen molar-refractivity contribution in [2.24, 2.45) is 0 Å². The van der Waals surface area contributed by atoms with Crippen LogP contribution >= 0.6 is 8.25 Å². The third-order valence-corrected chi connectivity index (χ3v) is 1.77. The highest BCUT2D eigenvalue weighted by Crippen LogP contribution is 2.25. The van der Waals surface area contributed by atoms with Gasteiger partial charge in [-0.3, -0.25) is 0 Å². The van der Waals surface area contributed by atoms with Gasteiger partial charge in [0.15, 0.2) is 0 Å². The lowest BCUT2D eigenvalue weighted by atomic mass is 10.5. The fraction of sp³-hybridized carbons (Fsp3) is 1.00. The van der Waals surface area contributed by atoms with Gasteiger partial charge in [-0.2, -0.15) is 0 Å². The Balaban J connectivity index is 3.32. The van der Waals surface area contributed by atoms with Crippen molar-refractivity contribution < 1.29 is 18.3 Å². The lowest BCUT2D eigenvalue weighted by Crippen LogP contribution is -2.05.